The number of carbonyl (C=O) groups is 2. The maximum Gasteiger partial charge on any atom is 0.420 e. The van der Waals surface area contributed by atoms with E-state index in [1.165, 1.54) is 4.57 Å². The van der Waals surface area contributed by atoms with Crippen molar-refractivity contribution in [3.63, 3.8) is 0 Å². The second-order valence-corrected chi connectivity index (χ2v) is 9.38. The second kappa shape index (κ2) is 7.89. The lowest BCUT2D eigenvalue weighted by Gasteiger charge is -2.23. The monoisotopic (exact) mass is 434 g/mol. The zero-order chi connectivity index (χ0) is 20.4. The van der Waals surface area contributed by atoms with Gasteiger partial charge in [0.1, 0.15) is 11.4 Å². The third kappa shape index (κ3) is 5.70. The van der Waals surface area contributed by atoms with E-state index in [9.17, 15) is 9.59 Å². The van der Waals surface area contributed by atoms with Crippen molar-refractivity contribution < 1.29 is 14.3 Å². The summed E-state index contributed by atoms with van der Waals surface area (Å²) in [6.07, 6.45) is 1.21. The van der Waals surface area contributed by atoms with Gasteiger partial charge in [0.2, 0.25) is 0 Å². The number of halogens is 1. The fourth-order valence-corrected chi connectivity index (χ4v) is 2.85. The average molecular weight is 435 g/mol. The molecule has 0 saturated carbocycles. The Hall–Kier alpha value is -2.08. The molecule has 1 N–H and O–H groups in total. The summed E-state index contributed by atoms with van der Waals surface area (Å²) in [5, 5.41) is 3.15. The lowest BCUT2D eigenvalue weighted by molar-refractivity contribution is 0.0540. The van der Waals surface area contributed by atoms with E-state index in [1.807, 2.05) is 39.0 Å². The van der Waals surface area contributed by atoms with Crippen LogP contribution in [-0.4, -0.2) is 28.6 Å². The molecule has 5 nitrogen and oxygen atoms in total. The van der Waals surface area contributed by atoms with Gasteiger partial charge in [0.25, 0.3) is 0 Å². The highest BCUT2D eigenvalue weighted by atomic mass is 79.9. The molecule has 0 spiro atoms. The fourth-order valence-electron chi connectivity index (χ4n) is 2.58. The van der Waals surface area contributed by atoms with Crippen LogP contribution >= 0.6 is 15.9 Å². The van der Waals surface area contributed by atoms with Crippen molar-refractivity contribution in [3.05, 3.63) is 52.1 Å². The topological polar surface area (TPSA) is 60.3 Å². The number of nitrogens with zero attached hydrogens (tertiary/aromatic N) is 1. The highest BCUT2D eigenvalue weighted by Gasteiger charge is 2.26. The minimum Gasteiger partial charge on any atom is -0.443 e. The van der Waals surface area contributed by atoms with Crippen LogP contribution in [0.15, 0.2) is 41.0 Å². The largest absolute Gasteiger partial charge is 0.443 e. The summed E-state index contributed by atoms with van der Waals surface area (Å²) in [6.45, 7) is 11.7. The Labute approximate surface area is 169 Å². The molecule has 0 amide bonds. The zero-order valence-electron chi connectivity index (χ0n) is 16.7. The second-order valence-electron chi connectivity index (χ2n) is 8.46. The molecule has 2 rings (SSSR count). The van der Waals surface area contributed by atoms with E-state index in [2.05, 4.69) is 42.0 Å². The number of benzene rings is 1. The predicted molar refractivity (Wildman–Crippen MR) is 112 cm³/mol. The van der Waals surface area contributed by atoms with E-state index < -0.39 is 11.7 Å². The predicted octanol–water partition coefficient (Wildman–Crippen LogP) is 5.63. The number of Topliss-reactive ketones (excluding diaryl/α,β-unsaturated/α-hetero) is 1. The van der Waals surface area contributed by atoms with E-state index in [0.717, 1.165) is 10.0 Å². The van der Waals surface area contributed by atoms with E-state index in [-0.39, 0.29) is 17.7 Å². The van der Waals surface area contributed by atoms with Crippen LogP contribution in [-0.2, 0) is 10.2 Å². The van der Waals surface area contributed by atoms with Gasteiger partial charge in [0, 0.05) is 21.8 Å². The van der Waals surface area contributed by atoms with Gasteiger partial charge in [-0.05, 0) is 44.4 Å². The van der Waals surface area contributed by atoms with Crippen LogP contribution in [0.3, 0.4) is 0 Å². The molecule has 1 aromatic carbocycles. The first-order valence-electron chi connectivity index (χ1n) is 8.86. The molecule has 0 fully saturated rings. The first kappa shape index (κ1) is 21.2. The number of ketones is 1. The smallest absolute Gasteiger partial charge is 0.420 e. The molecular formula is C21H27BrN2O3. The third-order valence-electron chi connectivity index (χ3n) is 3.87. The molecule has 1 aromatic heterocycles. The lowest BCUT2D eigenvalue weighted by Crippen LogP contribution is -2.29. The molecule has 6 heteroatoms. The van der Waals surface area contributed by atoms with Crippen molar-refractivity contribution >= 4 is 33.6 Å². The molecule has 0 saturated heterocycles. The number of carbonyl (C=O) groups excluding carboxylic acids is 2. The molecule has 0 atom stereocenters. The van der Waals surface area contributed by atoms with Gasteiger partial charge in [-0.3, -0.25) is 4.79 Å². The fraction of sp³-hybridized carbons (Fsp3) is 0.429. The van der Waals surface area contributed by atoms with Crippen LogP contribution < -0.4 is 5.32 Å². The molecule has 0 aliphatic carbocycles. The number of rotatable bonds is 4. The molecule has 0 radical (unpaired) electrons. The van der Waals surface area contributed by atoms with Gasteiger partial charge in [-0.25, -0.2) is 9.36 Å². The maximum absolute atomic E-state index is 12.6. The van der Waals surface area contributed by atoms with Crippen LogP contribution in [0.4, 0.5) is 10.6 Å². The van der Waals surface area contributed by atoms with Crippen molar-refractivity contribution in [3.8, 4) is 0 Å². The normalized spacial score (nSPS) is 12.0. The maximum atomic E-state index is 12.6. The highest BCUT2D eigenvalue weighted by molar-refractivity contribution is 9.10. The average Bonchev–Trinajstić information content (AvgIpc) is 2.96. The number of hydrogen-bond acceptors (Lipinski definition) is 4. The summed E-state index contributed by atoms with van der Waals surface area (Å²) in [5.41, 5.74) is 0.750. The SMILES string of the molecule is CC(C)(C)OC(=O)n1ccc(C(C)(C)C)c1NCC(=O)c1ccc(Br)cc1. The third-order valence-corrected chi connectivity index (χ3v) is 4.40. The number of aromatic nitrogens is 1. The van der Waals surface area contributed by atoms with Crippen LogP contribution in [0.2, 0.25) is 0 Å². The Morgan fingerprint density at radius 3 is 2.15 bits per heavy atom. The van der Waals surface area contributed by atoms with Crippen LogP contribution in [0, 0.1) is 0 Å². The number of nitrogens with one attached hydrogen (secondary N) is 1. The molecule has 0 unspecified atom stereocenters. The lowest BCUT2D eigenvalue weighted by atomic mass is 9.88. The Balaban J connectivity index is 2.27. The van der Waals surface area contributed by atoms with E-state index >= 15 is 0 Å². The standard InChI is InChI=1S/C21H27BrN2O3/c1-20(2,3)16-11-12-24(19(26)27-21(4,5)6)18(16)23-13-17(25)14-7-9-15(22)10-8-14/h7-12,23H,13H2,1-6H3. The molecule has 0 bridgehead atoms. The number of ether oxygens (including phenoxy) is 1. The summed E-state index contributed by atoms with van der Waals surface area (Å²) >= 11 is 3.36. The molecular weight excluding hydrogens is 408 g/mol. The van der Waals surface area contributed by atoms with E-state index in [4.69, 9.17) is 4.74 Å². The van der Waals surface area contributed by atoms with Gasteiger partial charge in [0.15, 0.2) is 5.78 Å². The van der Waals surface area contributed by atoms with Gasteiger partial charge < -0.3 is 10.1 Å². The van der Waals surface area contributed by atoms with Crippen molar-refractivity contribution in [2.24, 2.45) is 0 Å². The molecule has 2 aromatic rings. The first-order chi connectivity index (χ1) is 12.4. The van der Waals surface area contributed by atoms with Crippen molar-refractivity contribution in [1.82, 2.24) is 4.57 Å². The van der Waals surface area contributed by atoms with Gasteiger partial charge in [-0.1, -0.05) is 48.8 Å². The van der Waals surface area contributed by atoms with Gasteiger partial charge >= 0.3 is 6.09 Å². The van der Waals surface area contributed by atoms with Gasteiger partial charge in [0.05, 0.1) is 6.54 Å². The quantitative estimate of drug-likeness (QED) is 0.633. The molecule has 1 heterocycles. The van der Waals surface area contributed by atoms with E-state index in [1.54, 1.807) is 18.3 Å². The van der Waals surface area contributed by atoms with Gasteiger partial charge in [-0.2, -0.15) is 0 Å². The minimum atomic E-state index is -0.603. The van der Waals surface area contributed by atoms with Crippen LogP contribution in [0.25, 0.3) is 0 Å². The number of hydrogen-bond donors (Lipinski definition) is 1. The van der Waals surface area contributed by atoms with Crippen molar-refractivity contribution in [2.45, 2.75) is 52.6 Å². The Morgan fingerprint density at radius 2 is 1.63 bits per heavy atom. The summed E-state index contributed by atoms with van der Waals surface area (Å²) in [4.78, 5) is 25.1. The summed E-state index contributed by atoms with van der Waals surface area (Å²) in [5.74, 6) is 0.529. The van der Waals surface area contributed by atoms with Gasteiger partial charge in [-0.15, -0.1) is 0 Å². The molecule has 0 aliphatic heterocycles. The summed E-state index contributed by atoms with van der Waals surface area (Å²) in [7, 11) is 0. The Morgan fingerprint density at radius 1 is 1.04 bits per heavy atom. The summed E-state index contributed by atoms with van der Waals surface area (Å²) < 4.78 is 7.84. The highest BCUT2D eigenvalue weighted by Crippen LogP contribution is 2.31. The first-order valence-corrected chi connectivity index (χ1v) is 9.65. The Kier molecular flexibility index (Phi) is 6.20. The van der Waals surface area contributed by atoms with Crippen LogP contribution in [0.5, 0.6) is 0 Å². The molecule has 0 aliphatic rings. The molecule has 146 valence electrons. The zero-order valence-corrected chi connectivity index (χ0v) is 18.3. The Bertz CT molecular complexity index is 825. The van der Waals surface area contributed by atoms with Crippen molar-refractivity contribution in [2.75, 3.05) is 11.9 Å². The van der Waals surface area contributed by atoms with Crippen molar-refractivity contribution in [1.29, 1.82) is 0 Å². The summed E-state index contributed by atoms with van der Waals surface area (Å²) in [6, 6.07) is 9.09. The number of anilines is 1. The van der Waals surface area contributed by atoms with E-state index in [0.29, 0.717) is 11.4 Å². The minimum absolute atomic E-state index is 0.0562. The van der Waals surface area contributed by atoms with Crippen LogP contribution in [0.1, 0.15) is 57.5 Å². The molecule has 27 heavy (non-hydrogen) atoms.